The van der Waals surface area contributed by atoms with Crippen LogP contribution in [0.2, 0.25) is 5.02 Å². The first kappa shape index (κ1) is 18.6. The van der Waals surface area contributed by atoms with Gasteiger partial charge in [-0.1, -0.05) is 18.2 Å². The average Bonchev–Trinajstić information content (AvgIpc) is 3.34. The number of rotatable bonds is 5. The van der Waals surface area contributed by atoms with Crippen molar-refractivity contribution in [2.45, 2.75) is 25.3 Å². The molecule has 0 atom stereocenters. The summed E-state index contributed by atoms with van der Waals surface area (Å²) in [4.78, 5) is 16.3. The number of allylic oxidation sites excluding steroid dienone is 1. The van der Waals surface area contributed by atoms with Crippen molar-refractivity contribution < 1.29 is 9.18 Å². The quantitative estimate of drug-likeness (QED) is 0.570. The van der Waals surface area contributed by atoms with Crippen LogP contribution in [0.15, 0.2) is 48.3 Å². The summed E-state index contributed by atoms with van der Waals surface area (Å²) in [6.07, 6.45) is 5.96. The Bertz CT molecular complexity index is 1230. The summed E-state index contributed by atoms with van der Waals surface area (Å²) >= 11 is 6.01. The van der Waals surface area contributed by atoms with E-state index in [-0.39, 0.29) is 18.0 Å². The lowest BCUT2D eigenvalue weighted by molar-refractivity contribution is -0.118. The second-order valence-electron chi connectivity index (χ2n) is 7.40. The first-order valence-corrected chi connectivity index (χ1v) is 9.91. The van der Waals surface area contributed by atoms with Crippen molar-refractivity contribution >= 4 is 46.6 Å². The molecule has 2 aromatic heterocycles. The SMILES string of the molecule is C=C1NC(=O)C/C1=C\c1cnn2c(NC3CC3)cc(Nc3cc(Cl)ccc3F)nc12. The first-order valence-electron chi connectivity index (χ1n) is 9.53. The van der Waals surface area contributed by atoms with E-state index in [9.17, 15) is 9.18 Å². The Hall–Kier alpha value is -3.39. The van der Waals surface area contributed by atoms with Crippen LogP contribution in [0.4, 0.5) is 21.7 Å². The summed E-state index contributed by atoms with van der Waals surface area (Å²) in [7, 11) is 0. The molecule has 3 N–H and O–H groups in total. The van der Waals surface area contributed by atoms with Crippen molar-refractivity contribution in [1.29, 1.82) is 0 Å². The maximum Gasteiger partial charge on any atom is 0.228 e. The lowest BCUT2D eigenvalue weighted by Gasteiger charge is -2.12. The van der Waals surface area contributed by atoms with Gasteiger partial charge in [0.2, 0.25) is 5.91 Å². The minimum Gasteiger partial charge on any atom is -0.367 e. The molecule has 0 unspecified atom stereocenters. The monoisotopic (exact) mass is 424 g/mol. The van der Waals surface area contributed by atoms with Gasteiger partial charge in [-0.15, -0.1) is 0 Å². The Labute approximate surface area is 176 Å². The summed E-state index contributed by atoms with van der Waals surface area (Å²) in [5.41, 5.74) is 2.90. The number of hydrogen-bond donors (Lipinski definition) is 3. The van der Waals surface area contributed by atoms with Gasteiger partial charge in [-0.2, -0.15) is 9.61 Å². The Morgan fingerprint density at radius 1 is 1.33 bits per heavy atom. The smallest absolute Gasteiger partial charge is 0.228 e. The topological polar surface area (TPSA) is 83.4 Å². The molecule has 3 heterocycles. The number of carbonyl (C=O) groups excluding carboxylic acids is 1. The fourth-order valence-electron chi connectivity index (χ4n) is 3.31. The third-order valence-corrected chi connectivity index (χ3v) is 5.21. The number of carbonyl (C=O) groups is 1. The van der Waals surface area contributed by atoms with Crippen LogP contribution in [0.25, 0.3) is 11.7 Å². The predicted molar refractivity (Wildman–Crippen MR) is 114 cm³/mol. The van der Waals surface area contributed by atoms with E-state index >= 15 is 0 Å². The van der Waals surface area contributed by atoms with Gasteiger partial charge in [0.15, 0.2) is 5.65 Å². The largest absolute Gasteiger partial charge is 0.367 e. The summed E-state index contributed by atoms with van der Waals surface area (Å²) in [5.74, 6) is 0.675. The molecule has 1 amide bonds. The molecule has 5 rings (SSSR count). The molecule has 3 aromatic rings. The van der Waals surface area contributed by atoms with Crippen molar-refractivity contribution in [3.05, 3.63) is 64.7 Å². The molecule has 0 bridgehead atoms. The summed E-state index contributed by atoms with van der Waals surface area (Å²) in [6, 6.07) is 6.47. The van der Waals surface area contributed by atoms with E-state index in [1.54, 1.807) is 16.8 Å². The highest BCUT2D eigenvalue weighted by molar-refractivity contribution is 6.30. The number of hydrogen-bond acceptors (Lipinski definition) is 5. The summed E-state index contributed by atoms with van der Waals surface area (Å²) < 4.78 is 15.9. The minimum atomic E-state index is -0.430. The van der Waals surface area contributed by atoms with Crippen molar-refractivity contribution in [3.63, 3.8) is 0 Å². The van der Waals surface area contributed by atoms with E-state index in [0.29, 0.717) is 28.2 Å². The van der Waals surface area contributed by atoms with Crippen LogP contribution in [-0.4, -0.2) is 26.5 Å². The molecule has 1 aliphatic carbocycles. The molecule has 152 valence electrons. The zero-order valence-corrected chi connectivity index (χ0v) is 16.6. The molecule has 2 aliphatic rings. The fraction of sp³-hybridized carbons (Fsp3) is 0.190. The Morgan fingerprint density at radius 2 is 2.17 bits per heavy atom. The number of amides is 1. The molecule has 30 heavy (non-hydrogen) atoms. The van der Waals surface area contributed by atoms with Gasteiger partial charge in [0, 0.05) is 28.4 Å². The van der Waals surface area contributed by atoms with E-state index in [1.807, 2.05) is 6.08 Å². The van der Waals surface area contributed by atoms with Gasteiger partial charge in [-0.3, -0.25) is 4.79 Å². The van der Waals surface area contributed by atoms with Crippen LogP contribution in [0, 0.1) is 5.82 Å². The van der Waals surface area contributed by atoms with Gasteiger partial charge < -0.3 is 16.0 Å². The number of anilines is 3. The van der Waals surface area contributed by atoms with E-state index in [2.05, 4.69) is 32.6 Å². The number of nitrogens with zero attached hydrogens (tertiary/aromatic N) is 3. The highest BCUT2D eigenvalue weighted by Crippen LogP contribution is 2.30. The Balaban J connectivity index is 1.59. The van der Waals surface area contributed by atoms with Crippen LogP contribution >= 0.6 is 11.6 Å². The van der Waals surface area contributed by atoms with Crippen molar-refractivity contribution in [2.24, 2.45) is 0 Å². The zero-order chi connectivity index (χ0) is 20.8. The second-order valence-corrected chi connectivity index (χ2v) is 7.84. The van der Waals surface area contributed by atoms with Crippen LogP contribution < -0.4 is 16.0 Å². The molecule has 7 nitrogen and oxygen atoms in total. The molecular weight excluding hydrogens is 407 g/mol. The molecular formula is C21H18ClFN6O. The van der Waals surface area contributed by atoms with Gasteiger partial charge in [0.25, 0.3) is 0 Å². The second kappa shape index (κ2) is 7.14. The summed E-state index contributed by atoms with van der Waals surface area (Å²) in [5, 5.41) is 14.0. The van der Waals surface area contributed by atoms with Crippen molar-refractivity contribution in [2.75, 3.05) is 10.6 Å². The fourth-order valence-corrected chi connectivity index (χ4v) is 3.49. The first-order chi connectivity index (χ1) is 14.5. The molecule has 2 fully saturated rings. The highest BCUT2D eigenvalue weighted by atomic mass is 35.5. The molecule has 9 heteroatoms. The maximum absolute atomic E-state index is 14.2. The van der Waals surface area contributed by atoms with Gasteiger partial charge in [-0.25, -0.2) is 9.37 Å². The zero-order valence-electron chi connectivity index (χ0n) is 15.9. The van der Waals surface area contributed by atoms with Gasteiger partial charge in [0.1, 0.15) is 17.5 Å². The van der Waals surface area contributed by atoms with Crippen LogP contribution in [0.5, 0.6) is 0 Å². The van der Waals surface area contributed by atoms with E-state index in [1.165, 1.54) is 18.2 Å². The van der Waals surface area contributed by atoms with Crippen molar-refractivity contribution in [3.8, 4) is 0 Å². The van der Waals surface area contributed by atoms with E-state index in [4.69, 9.17) is 11.6 Å². The lowest BCUT2D eigenvalue weighted by atomic mass is 10.1. The molecule has 1 aromatic carbocycles. The molecule has 0 radical (unpaired) electrons. The van der Waals surface area contributed by atoms with Crippen LogP contribution in [-0.2, 0) is 4.79 Å². The third kappa shape index (κ3) is 3.61. The Morgan fingerprint density at radius 3 is 2.90 bits per heavy atom. The van der Waals surface area contributed by atoms with Crippen LogP contribution in [0.3, 0.4) is 0 Å². The van der Waals surface area contributed by atoms with Gasteiger partial charge >= 0.3 is 0 Å². The van der Waals surface area contributed by atoms with Gasteiger partial charge in [-0.05, 0) is 42.7 Å². The van der Waals surface area contributed by atoms with E-state index < -0.39 is 5.82 Å². The molecule has 0 spiro atoms. The van der Waals surface area contributed by atoms with Crippen molar-refractivity contribution in [1.82, 2.24) is 19.9 Å². The molecule has 1 saturated heterocycles. The van der Waals surface area contributed by atoms with E-state index in [0.717, 1.165) is 29.8 Å². The maximum atomic E-state index is 14.2. The normalized spacial score (nSPS) is 17.6. The summed E-state index contributed by atoms with van der Waals surface area (Å²) in [6.45, 7) is 3.88. The Kier molecular flexibility index (Phi) is 4.43. The standard InChI is InChI=1S/C21H18ClFN6O/c1-11-12(7-20(30)25-11)6-13-10-24-29-19(26-15-3-4-15)9-18(28-21(13)29)27-17-8-14(22)2-5-16(17)23/h2,5-6,8-10,15,26H,1,3-4,7H2,(H,25,30)(H,27,28)/b12-6+. The highest BCUT2D eigenvalue weighted by Gasteiger charge is 2.24. The van der Waals surface area contributed by atoms with Crippen LogP contribution in [0.1, 0.15) is 24.8 Å². The average molecular weight is 425 g/mol. The lowest BCUT2D eigenvalue weighted by Crippen LogP contribution is -2.10. The number of fused-ring (bicyclic) bond motifs is 1. The minimum absolute atomic E-state index is 0.0921. The molecule has 1 aliphatic heterocycles. The van der Waals surface area contributed by atoms with Gasteiger partial charge in [0.05, 0.1) is 18.3 Å². The predicted octanol–water partition coefficient (Wildman–Crippen LogP) is 4.26. The number of nitrogens with one attached hydrogen (secondary N) is 3. The number of benzene rings is 1. The number of halogens is 2. The molecule has 1 saturated carbocycles. The number of aromatic nitrogens is 3. The third-order valence-electron chi connectivity index (χ3n) is 4.98.